The molecule has 5 nitrogen and oxygen atoms in total. The van der Waals surface area contributed by atoms with E-state index in [-0.39, 0.29) is 6.42 Å². The Kier molecular flexibility index (Phi) is 6.92. The van der Waals surface area contributed by atoms with Crippen LogP contribution in [0.4, 0.5) is 0 Å². The van der Waals surface area contributed by atoms with E-state index in [0.29, 0.717) is 11.5 Å². The molecule has 2 unspecified atom stereocenters. The van der Waals surface area contributed by atoms with Crippen LogP contribution in [0, 0.1) is 5.92 Å². The summed E-state index contributed by atoms with van der Waals surface area (Å²) in [5.41, 5.74) is 2.48. The molecule has 2 atom stereocenters. The van der Waals surface area contributed by atoms with Crippen LogP contribution in [0.3, 0.4) is 0 Å². The van der Waals surface area contributed by atoms with E-state index < -0.39 is 24.0 Å². The molecule has 2 aromatic carbocycles. The topological polar surface area (TPSA) is 86.6 Å². The lowest BCUT2D eigenvalue weighted by Crippen LogP contribution is -2.48. The first-order valence-electron chi connectivity index (χ1n) is 8.71. The highest BCUT2D eigenvalue weighted by Crippen LogP contribution is 2.13. The van der Waals surface area contributed by atoms with E-state index in [0.717, 1.165) is 12.0 Å². The van der Waals surface area contributed by atoms with Gasteiger partial charge in [-0.1, -0.05) is 56.3 Å². The van der Waals surface area contributed by atoms with Crippen LogP contribution in [0.2, 0.25) is 0 Å². The van der Waals surface area contributed by atoms with Crippen molar-refractivity contribution in [1.82, 2.24) is 5.32 Å². The normalized spacial score (nSPS) is 13.2. The number of rotatable bonds is 8. The van der Waals surface area contributed by atoms with Gasteiger partial charge < -0.3 is 15.5 Å². The fourth-order valence-corrected chi connectivity index (χ4v) is 2.79. The van der Waals surface area contributed by atoms with Crippen LogP contribution in [0.5, 0.6) is 0 Å². The Labute approximate surface area is 153 Å². The maximum atomic E-state index is 12.3. The average molecular weight is 355 g/mol. The van der Waals surface area contributed by atoms with Crippen molar-refractivity contribution >= 4 is 11.9 Å². The Balaban J connectivity index is 2.12. The highest BCUT2D eigenvalue weighted by Gasteiger charge is 2.27. The number of aliphatic carboxylic acids is 1. The predicted octanol–water partition coefficient (Wildman–Crippen LogP) is 2.67. The SMILES string of the molecule is CC(C)Cc1ccc(CC(NC(=O)c2ccccc2)C(O)C(=O)O)cc1. The molecule has 2 rings (SSSR count). The van der Waals surface area contributed by atoms with Crippen LogP contribution in [-0.2, 0) is 17.6 Å². The van der Waals surface area contributed by atoms with Gasteiger partial charge in [-0.25, -0.2) is 4.79 Å². The van der Waals surface area contributed by atoms with Gasteiger partial charge in [0.05, 0.1) is 6.04 Å². The number of carboxylic acid groups (broad SMARTS) is 1. The van der Waals surface area contributed by atoms with Crippen LogP contribution < -0.4 is 5.32 Å². The Hall–Kier alpha value is -2.66. The lowest BCUT2D eigenvalue weighted by atomic mass is 9.97. The van der Waals surface area contributed by atoms with Gasteiger partial charge in [-0.3, -0.25) is 4.79 Å². The molecule has 0 bridgehead atoms. The minimum Gasteiger partial charge on any atom is -0.479 e. The van der Waals surface area contributed by atoms with Gasteiger partial charge in [-0.2, -0.15) is 0 Å². The second-order valence-electron chi connectivity index (χ2n) is 6.85. The molecule has 0 aromatic heterocycles. The van der Waals surface area contributed by atoms with Crippen LogP contribution in [0.25, 0.3) is 0 Å². The third kappa shape index (κ3) is 5.70. The molecule has 0 saturated carbocycles. The maximum absolute atomic E-state index is 12.3. The van der Waals surface area contributed by atoms with Crippen molar-refractivity contribution in [2.75, 3.05) is 0 Å². The third-order valence-corrected chi connectivity index (χ3v) is 4.11. The van der Waals surface area contributed by atoms with Gasteiger partial charge in [0.25, 0.3) is 5.91 Å². The fourth-order valence-electron chi connectivity index (χ4n) is 2.79. The molecule has 0 aliphatic heterocycles. The Morgan fingerprint density at radius 1 is 0.923 bits per heavy atom. The molecular formula is C21H25NO4. The smallest absolute Gasteiger partial charge is 0.334 e. The van der Waals surface area contributed by atoms with E-state index in [4.69, 9.17) is 5.11 Å². The minimum absolute atomic E-state index is 0.230. The number of hydrogen-bond donors (Lipinski definition) is 3. The summed E-state index contributed by atoms with van der Waals surface area (Å²) in [6, 6.07) is 15.4. The lowest BCUT2D eigenvalue weighted by Gasteiger charge is -2.22. The lowest BCUT2D eigenvalue weighted by molar-refractivity contribution is -0.148. The first kappa shape index (κ1) is 19.7. The molecule has 0 radical (unpaired) electrons. The van der Waals surface area contributed by atoms with Crippen molar-refractivity contribution in [3.05, 3.63) is 71.3 Å². The van der Waals surface area contributed by atoms with Crippen LogP contribution in [0.1, 0.15) is 35.3 Å². The van der Waals surface area contributed by atoms with E-state index in [1.807, 2.05) is 24.3 Å². The number of carboxylic acids is 1. The number of aliphatic hydroxyl groups excluding tert-OH is 1. The zero-order chi connectivity index (χ0) is 19.1. The van der Waals surface area contributed by atoms with Crippen molar-refractivity contribution < 1.29 is 19.8 Å². The highest BCUT2D eigenvalue weighted by molar-refractivity contribution is 5.94. The number of amides is 1. The molecule has 5 heteroatoms. The number of nitrogens with one attached hydrogen (secondary N) is 1. The monoisotopic (exact) mass is 355 g/mol. The van der Waals surface area contributed by atoms with E-state index in [2.05, 4.69) is 19.2 Å². The summed E-state index contributed by atoms with van der Waals surface area (Å²) in [6.45, 7) is 4.29. The number of carbonyl (C=O) groups is 2. The average Bonchev–Trinajstić information content (AvgIpc) is 2.62. The molecule has 3 N–H and O–H groups in total. The molecular weight excluding hydrogens is 330 g/mol. The predicted molar refractivity (Wildman–Crippen MR) is 100 cm³/mol. The summed E-state index contributed by atoms with van der Waals surface area (Å²) in [7, 11) is 0. The Morgan fingerprint density at radius 2 is 1.46 bits per heavy atom. The summed E-state index contributed by atoms with van der Waals surface area (Å²) in [5, 5.41) is 21.8. The zero-order valence-corrected chi connectivity index (χ0v) is 15.1. The van der Waals surface area contributed by atoms with Crippen molar-refractivity contribution in [2.45, 2.75) is 38.8 Å². The maximum Gasteiger partial charge on any atom is 0.334 e. The number of aliphatic hydroxyl groups is 1. The van der Waals surface area contributed by atoms with E-state index in [9.17, 15) is 14.7 Å². The van der Waals surface area contributed by atoms with Gasteiger partial charge in [0, 0.05) is 5.56 Å². The van der Waals surface area contributed by atoms with Crippen molar-refractivity contribution in [1.29, 1.82) is 0 Å². The summed E-state index contributed by atoms with van der Waals surface area (Å²) in [5.74, 6) is -1.22. The standard InChI is InChI=1S/C21H25NO4/c1-14(2)12-15-8-10-16(11-9-15)13-18(19(23)21(25)26)22-20(24)17-6-4-3-5-7-17/h3-11,14,18-19,23H,12-13H2,1-2H3,(H,22,24)(H,25,26). The van der Waals surface area contributed by atoms with Crippen LogP contribution >= 0.6 is 0 Å². The van der Waals surface area contributed by atoms with Gasteiger partial charge in [0.15, 0.2) is 6.10 Å². The minimum atomic E-state index is -1.68. The summed E-state index contributed by atoms with van der Waals surface area (Å²) >= 11 is 0. The van der Waals surface area contributed by atoms with Gasteiger partial charge in [0.2, 0.25) is 0 Å². The van der Waals surface area contributed by atoms with Crippen LogP contribution in [-0.4, -0.2) is 34.2 Å². The molecule has 0 aliphatic carbocycles. The van der Waals surface area contributed by atoms with Crippen LogP contribution in [0.15, 0.2) is 54.6 Å². The second-order valence-corrected chi connectivity index (χ2v) is 6.85. The fraction of sp³-hybridized carbons (Fsp3) is 0.333. The Morgan fingerprint density at radius 3 is 1.96 bits per heavy atom. The molecule has 0 fully saturated rings. The molecule has 0 spiro atoms. The first-order valence-corrected chi connectivity index (χ1v) is 8.71. The largest absolute Gasteiger partial charge is 0.479 e. The first-order chi connectivity index (χ1) is 12.4. The summed E-state index contributed by atoms with van der Waals surface area (Å²) in [6.07, 6.45) is -0.488. The van der Waals surface area contributed by atoms with Gasteiger partial charge in [0.1, 0.15) is 0 Å². The van der Waals surface area contributed by atoms with Gasteiger partial charge in [-0.15, -0.1) is 0 Å². The van der Waals surface area contributed by atoms with E-state index in [1.165, 1.54) is 5.56 Å². The van der Waals surface area contributed by atoms with Gasteiger partial charge in [-0.05, 0) is 42.0 Å². The third-order valence-electron chi connectivity index (χ3n) is 4.11. The zero-order valence-electron chi connectivity index (χ0n) is 15.1. The molecule has 26 heavy (non-hydrogen) atoms. The van der Waals surface area contributed by atoms with Gasteiger partial charge >= 0.3 is 5.97 Å². The number of benzene rings is 2. The van der Waals surface area contributed by atoms with Crippen molar-refractivity contribution in [2.24, 2.45) is 5.92 Å². The van der Waals surface area contributed by atoms with E-state index >= 15 is 0 Å². The summed E-state index contributed by atoms with van der Waals surface area (Å²) < 4.78 is 0. The highest BCUT2D eigenvalue weighted by atomic mass is 16.4. The number of hydrogen-bond acceptors (Lipinski definition) is 3. The van der Waals surface area contributed by atoms with E-state index in [1.54, 1.807) is 30.3 Å². The Bertz CT molecular complexity index is 725. The molecule has 0 heterocycles. The second kappa shape index (κ2) is 9.15. The van der Waals surface area contributed by atoms with Crippen molar-refractivity contribution in [3.8, 4) is 0 Å². The molecule has 2 aromatic rings. The molecule has 0 aliphatic rings. The quantitative estimate of drug-likeness (QED) is 0.679. The van der Waals surface area contributed by atoms with Crippen molar-refractivity contribution in [3.63, 3.8) is 0 Å². The molecule has 0 saturated heterocycles. The molecule has 138 valence electrons. The number of carbonyl (C=O) groups excluding carboxylic acids is 1. The summed E-state index contributed by atoms with van der Waals surface area (Å²) in [4.78, 5) is 23.6. The molecule has 1 amide bonds.